The molecule has 1 aromatic carbocycles. The third-order valence-electron chi connectivity index (χ3n) is 4.05. The fourth-order valence-electron chi connectivity index (χ4n) is 2.70. The minimum Gasteiger partial charge on any atom is -0.350 e. The second kappa shape index (κ2) is 7.89. The van der Waals surface area contributed by atoms with Crippen molar-refractivity contribution in [1.82, 2.24) is 16.0 Å². The van der Waals surface area contributed by atoms with Crippen molar-refractivity contribution in [3.8, 4) is 0 Å². The van der Waals surface area contributed by atoms with E-state index in [1.54, 1.807) is 0 Å². The molecule has 0 radical (unpaired) electrons. The molecule has 7 heteroatoms. The van der Waals surface area contributed by atoms with Crippen LogP contribution in [0.15, 0.2) is 18.2 Å². The molecule has 0 saturated heterocycles. The number of hydrogen-bond acceptors (Lipinski definition) is 2. The summed E-state index contributed by atoms with van der Waals surface area (Å²) in [7, 11) is 0. The van der Waals surface area contributed by atoms with E-state index in [9.17, 15) is 18.4 Å². The van der Waals surface area contributed by atoms with Crippen LogP contribution >= 0.6 is 0 Å². The highest BCUT2D eigenvalue weighted by atomic mass is 19.1. The molecule has 0 bridgehead atoms. The van der Waals surface area contributed by atoms with Crippen LogP contribution in [0.2, 0.25) is 0 Å². The molecule has 0 heterocycles. The predicted octanol–water partition coefficient (Wildman–Crippen LogP) is 2.18. The molecule has 126 valence electrons. The zero-order valence-corrected chi connectivity index (χ0v) is 13.0. The predicted molar refractivity (Wildman–Crippen MR) is 82.0 cm³/mol. The van der Waals surface area contributed by atoms with Crippen molar-refractivity contribution >= 4 is 11.9 Å². The van der Waals surface area contributed by atoms with E-state index >= 15 is 0 Å². The largest absolute Gasteiger partial charge is 0.350 e. The second-order valence-corrected chi connectivity index (χ2v) is 5.79. The van der Waals surface area contributed by atoms with Crippen molar-refractivity contribution in [3.63, 3.8) is 0 Å². The highest BCUT2D eigenvalue weighted by Crippen LogP contribution is 2.24. The van der Waals surface area contributed by atoms with Crippen LogP contribution in [0.3, 0.4) is 0 Å². The van der Waals surface area contributed by atoms with Crippen LogP contribution in [0.1, 0.15) is 36.5 Å². The summed E-state index contributed by atoms with van der Waals surface area (Å²) in [5, 5.41) is 8.01. The molecule has 1 aromatic rings. The van der Waals surface area contributed by atoms with Gasteiger partial charge in [-0.15, -0.1) is 0 Å². The number of amides is 3. The first-order chi connectivity index (χ1) is 11.0. The quantitative estimate of drug-likeness (QED) is 0.726. The maximum Gasteiger partial charge on any atom is 0.315 e. The summed E-state index contributed by atoms with van der Waals surface area (Å²) in [6.45, 7) is 2.49. The van der Waals surface area contributed by atoms with Crippen LogP contribution in [0.5, 0.6) is 0 Å². The number of carbonyl (C=O) groups is 2. The molecule has 2 atom stereocenters. The summed E-state index contributed by atoms with van der Waals surface area (Å²) < 4.78 is 26.2. The Bertz CT molecular complexity index is 580. The summed E-state index contributed by atoms with van der Waals surface area (Å²) in [6, 6.07) is 2.68. The van der Waals surface area contributed by atoms with Gasteiger partial charge in [-0.25, -0.2) is 13.6 Å². The zero-order chi connectivity index (χ0) is 16.8. The number of benzene rings is 1. The highest BCUT2D eigenvalue weighted by molar-refractivity contribution is 5.94. The van der Waals surface area contributed by atoms with E-state index in [2.05, 4.69) is 22.9 Å². The first kappa shape index (κ1) is 17.2. The van der Waals surface area contributed by atoms with Crippen LogP contribution in [-0.4, -0.2) is 31.1 Å². The Morgan fingerprint density at radius 1 is 1.17 bits per heavy atom. The third-order valence-corrected chi connectivity index (χ3v) is 4.05. The molecular formula is C16H21F2N3O2. The number of halogens is 2. The molecule has 3 amide bonds. The van der Waals surface area contributed by atoms with Gasteiger partial charge in [0.05, 0.1) is 5.56 Å². The van der Waals surface area contributed by atoms with Gasteiger partial charge in [-0.3, -0.25) is 4.79 Å². The van der Waals surface area contributed by atoms with Gasteiger partial charge < -0.3 is 16.0 Å². The number of rotatable bonds is 5. The number of urea groups is 1. The van der Waals surface area contributed by atoms with Crippen LogP contribution in [0, 0.1) is 17.6 Å². The summed E-state index contributed by atoms with van der Waals surface area (Å²) in [6.07, 6.45) is 3.21. The van der Waals surface area contributed by atoms with Crippen molar-refractivity contribution in [2.24, 2.45) is 5.92 Å². The Hall–Kier alpha value is -2.18. The molecule has 23 heavy (non-hydrogen) atoms. The fourth-order valence-corrected chi connectivity index (χ4v) is 2.70. The molecule has 0 unspecified atom stereocenters. The van der Waals surface area contributed by atoms with E-state index in [0.29, 0.717) is 12.0 Å². The summed E-state index contributed by atoms with van der Waals surface area (Å²) in [5.41, 5.74) is -0.226. The number of hydrogen-bond donors (Lipinski definition) is 3. The average Bonchev–Trinajstić information content (AvgIpc) is 2.88. The van der Waals surface area contributed by atoms with Crippen LogP contribution < -0.4 is 16.0 Å². The topological polar surface area (TPSA) is 70.2 Å². The second-order valence-electron chi connectivity index (χ2n) is 5.79. The molecule has 0 aliphatic heterocycles. The minimum absolute atomic E-state index is 0.156. The van der Waals surface area contributed by atoms with Gasteiger partial charge in [-0.1, -0.05) is 13.3 Å². The van der Waals surface area contributed by atoms with Crippen molar-refractivity contribution in [2.45, 2.75) is 32.2 Å². The average molecular weight is 325 g/mol. The van der Waals surface area contributed by atoms with Crippen molar-refractivity contribution in [1.29, 1.82) is 0 Å². The van der Waals surface area contributed by atoms with Gasteiger partial charge >= 0.3 is 6.03 Å². The van der Waals surface area contributed by atoms with E-state index < -0.39 is 17.5 Å². The maximum absolute atomic E-state index is 13.4. The smallest absolute Gasteiger partial charge is 0.315 e. The van der Waals surface area contributed by atoms with E-state index in [-0.39, 0.29) is 30.7 Å². The van der Waals surface area contributed by atoms with Gasteiger partial charge in [-0.05, 0) is 30.9 Å². The Morgan fingerprint density at radius 2 is 1.91 bits per heavy atom. The van der Waals surface area contributed by atoms with Gasteiger partial charge in [0.1, 0.15) is 11.6 Å². The first-order valence-electron chi connectivity index (χ1n) is 7.75. The van der Waals surface area contributed by atoms with Crippen molar-refractivity contribution in [2.75, 3.05) is 13.1 Å². The van der Waals surface area contributed by atoms with Crippen LogP contribution in [-0.2, 0) is 0 Å². The highest BCUT2D eigenvalue weighted by Gasteiger charge is 2.24. The third kappa shape index (κ3) is 4.91. The van der Waals surface area contributed by atoms with Gasteiger partial charge in [0.25, 0.3) is 5.91 Å². The van der Waals surface area contributed by atoms with Crippen LogP contribution in [0.25, 0.3) is 0 Å². The molecular weight excluding hydrogens is 304 g/mol. The van der Waals surface area contributed by atoms with Gasteiger partial charge in [-0.2, -0.15) is 0 Å². The first-order valence-corrected chi connectivity index (χ1v) is 7.75. The fraction of sp³-hybridized carbons (Fsp3) is 0.500. The minimum atomic E-state index is -0.913. The van der Waals surface area contributed by atoms with Crippen molar-refractivity contribution in [3.05, 3.63) is 35.4 Å². The van der Waals surface area contributed by atoms with E-state index in [4.69, 9.17) is 0 Å². The normalized spacial score (nSPS) is 20.1. The van der Waals surface area contributed by atoms with Crippen LogP contribution in [0.4, 0.5) is 13.6 Å². The number of nitrogens with one attached hydrogen (secondary N) is 3. The van der Waals surface area contributed by atoms with E-state index in [1.165, 1.54) is 0 Å². The maximum atomic E-state index is 13.4. The zero-order valence-electron chi connectivity index (χ0n) is 13.0. The molecule has 5 nitrogen and oxygen atoms in total. The summed E-state index contributed by atoms with van der Waals surface area (Å²) in [5.74, 6) is -1.82. The Balaban J connectivity index is 1.68. The lowest BCUT2D eigenvalue weighted by Crippen LogP contribution is -2.45. The number of carbonyl (C=O) groups excluding carboxylic acids is 2. The standard InChI is InChI=1S/C16H21F2N3O2/c1-10-3-2-4-14(10)21-16(23)20-8-7-19-15(22)12-6-5-11(17)9-13(12)18/h5-6,9-10,14H,2-4,7-8H2,1H3,(H,19,22)(H2,20,21,23)/t10-,14+/m1/s1. The van der Waals surface area contributed by atoms with E-state index in [1.807, 2.05) is 0 Å². The molecule has 0 aromatic heterocycles. The van der Waals surface area contributed by atoms with E-state index in [0.717, 1.165) is 31.4 Å². The molecule has 1 aliphatic carbocycles. The Morgan fingerprint density at radius 3 is 2.57 bits per heavy atom. The monoisotopic (exact) mass is 325 g/mol. The molecule has 1 saturated carbocycles. The lowest BCUT2D eigenvalue weighted by molar-refractivity contribution is 0.0949. The SMILES string of the molecule is C[C@@H]1CCC[C@@H]1NC(=O)NCCNC(=O)c1ccc(F)cc1F. The van der Waals surface area contributed by atoms with Gasteiger partial charge in [0.15, 0.2) is 0 Å². The summed E-state index contributed by atoms with van der Waals surface area (Å²) in [4.78, 5) is 23.5. The molecule has 1 aliphatic rings. The Kier molecular flexibility index (Phi) is 5.90. The molecule has 3 N–H and O–H groups in total. The lowest BCUT2D eigenvalue weighted by Gasteiger charge is -2.17. The summed E-state index contributed by atoms with van der Waals surface area (Å²) >= 11 is 0. The molecule has 2 rings (SSSR count). The Labute approximate surface area is 133 Å². The van der Waals surface area contributed by atoms with Crippen molar-refractivity contribution < 1.29 is 18.4 Å². The molecule has 1 fully saturated rings. The van der Waals surface area contributed by atoms with Gasteiger partial charge in [0, 0.05) is 25.2 Å². The lowest BCUT2D eigenvalue weighted by atomic mass is 10.1. The molecule has 0 spiro atoms. The van der Waals surface area contributed by atoms with Gasteiger partial charge in [0.2, 0.25) is 0 Å².